The Morgan fingerprint density at radius 2 is 2.33 bits per heavy atom. The second-order valence-electron chi connectivity index (χ2n) is 3.43. The number of carbonyl (C=O) groups is 1. The highest BCUT2D eigenvalue weighted by molar-refractivity contribution is 7.99. The lowest BCUT2D eigenvalue weighted by atomic mass is 10.1. The molecule has 1 aromatic rings. The molecule has 0 aliphatic rings. The highest BCUT2D eigenvalue weighted by Gasteiger charge is 2.13. The Morgan fingerprint density at radius 1 is 1.67 bits per heavy atom. The molecule has 1 N–H and O–H groups in total. The summed E-state index contributed by atoms with van der Waals surface area (Å²) < 4.78 is 1.40. The highest BCUT2D eigenvalue weighted by atomic mass is 32.2. The largest absolute Gasteiger partial charge is 0.343 e. The first kappa shape index (κ1) is 12.0. The van der Waals surface area contributed by atoms with Crippen molar-refractivity contribution >= 4 is 17.5 Å². The van der Waals surface area contributed by atoms with E-state index in [2.05, 4.69) is 10.2 Å². The third-order valence-corrected chi connectivity index (χ3v) is 3.40. The van der Waals surface area contributed by atoms with Crippen molar-refractivity contribution in [3.05, 3.63) is 10.5 Å². The molecular formula is C9H15N3O2S. The van der Waals surface area contributed by atoms with Gasteiger partial charge in [0.05, 0.1) is 5.75 Å². The molecule has 5 nitrogen and oxygen atoms in total. The molecule has 0 radical (unpaired) electrons. The van der Waals surface area contributed by atoms with Crippen LogP contribution in [-0.2, 0) is 11.8 Å². The van der Waals surface area contributed by atoms with E-state index in [1.165, 1.54) is 16.3 Å². The Morgan fingerprint density at radius 3 is 2.80 bits per heavy atom. The molecule has 1 atom stereocenters. The second-order valence-corrected chi connectivity index (χ2v) is 4.38. The number of nitrogens with one attached hydrogen (secondary N) is 1. The lowest BCUT2D eigenvalue weighted by Crippen LogP contribution is -2.15. The Bertz CT molecular complexity index is 396. The zero-order valence-corrected chi connectivity index (χ0v) is 9.93. The molecule has 0 aliphatic carbocycles. The van der Waals surface area contributed by atoms with Crippen molar-refractivity contribution < 1.29 is 4.79 Å². The van der Waals surface area contributed by atoms with E-state index in [4.69, 9.17) is 0 Å². The first-order valence-electron chi connectivity index (χ1n) is 4.83. The molecule has 0 fully saturated rings. The van der Waals surface area contributed by atoms with Crippen molar-refractivity contribution in [3.63, 3.8) is 0 Å². The van der Waals surface area contributed by atoms with Gasteiger partial charge >= 0.3 is 5.69 Å². The highest BCUT2D eigenvalue weighted by Crippen LogP contribution is 2.15. The van der Waals surface area contributed by atoms with Gasteiger partial charge in [-0.25, -0.2) is 9.89 Å². The van der Waals surface area contributed by atoms with Crippen molar-refractivity contribution in [1.82, 2.24) is 14.8 Å². The molecule has 1 unspecified atom stereocenters. The van der Waals surface area contributed by atoms with Gasteiger partial charge in [-0.3, -0.25) is 9.36 Å². The fourth-order valence-electron chi connectivity index (χ4n) is 0.967. The molecule has 0 amide bonds. The van der Waals surface area contributed by atoms with Gasteiger partial charge in [0.15, 0.2) is 5.16 Å². The summed E-state index contributed by atoms with van der Waals surface area (Å²) in [4.78, 5) is 22.5. The van der Waals surface area contributed by atoms with Crippen LogP contribution in [0.2, 0.25) is 0 Å². The predicted molar refractivity (Wildman–Crippen MR) is 59.0 cm³/mol. The molecule has 0 spiro atoms. The summed E-state index contributed by atoms with van der Waals surface area (Å²) >= 11 is 1.29. The number of rotatable bonds is 5. The van der Waals surface area contributed by atoms with Crippen molar-refractivity contribution in [2.75, 3.05) is 5.75 Å². The monoisotopic (exact) mass is 229 g/mol. The average Bonchev–Trinajstić information content (AvgIpc) is 2.55. The minimum Gasteiger partial charge on any atom is -0.298 e. The molecule has 1 heterocycles. The van der Waals surface area contributed by atoms with E-state index in [9.17, 15) is 9.59 Å². The maximum absolute atomic E-state index is 11.5. The van der Waals surface area contributed by atoms with Crippen LogP contribution in [0.4, 0.5) is 0 Å². The van der Waals surface area contributed by atoms with Crippen LogP contribution >= 0.6 is 11.8 Å². The van der Waals surface area contributed by atoms with Crippen LogP contribution in [0.3, 0.4) is 0 Å². The Kier molecular flexibility index (Phi) is 4.14. The van der Waals surface area contributed by atoms with E-state index >= 15 is 0 Å². The maximum Gasteiger partial charge on any atom is 0.343 e. The Labute approximate surface area is 92.3 Å². The molecule has 84 valence electrons. The summed E-state index contributed by atoms with van der Waals surface area (Å²) in [7, 11) is 1.63. The molecule has 0 saturated carbocycles. The SMILES string of the molecule is CCC(C)C(=O)CSc1n[nH]c(=O)n1C. The first-order valence-corrected chi connectivity index (χ1v) is 5.81. The number of carbonyl (C=O) groups excluding carboxylic acids is 1. The van der Waals surface area contributed by atoms with Gasteiger partial charge < -0.3 is 0 Å². The van der Waals surface area contributed by atoms with Crippen LogP contribution in [0.15, 0.2) is 9.95 Å². The van der Waals surface area contributed by atoms with Crippen LogP contribution in [0.1, 0.15) is 20.3 Å². The average molecular weight is 229 g/mol. The number of hydrogen-bond donors (Lipinski definition) is 1. The lowest BCUT2D eigenvalue weighted by molar-refractivity contribution is -0.119. The Hall–Kier alpha value is -1.04. The fraction of sp³-hybridized carbons (Fsp3) is 0.667. The van der Waals surface area contributed by atoms with Crippen LogP contribution in [0.5, 0.6) is 0 Å². The molecule has 6 heteroatoms. The van der Waals surface area contributed by atoms with Gasteiger partial charge in [0.2, 0.25) is 0 Å². The smallest absolute Gasteiger partial charge is 0.298 e. The standard InChI is InChI=1S/C9H15N3O2S/c1-4-6(2)7(13)5-15-9-11-10-8(14)12(9)3/h6H,4-5H2,1-3H3,(H,10,14). The van der Waals surface area contributed by atoms with Crippen LogP contribution < -0.4 is 5.69 Å². The van der Waals surface area contributed by atoms with E-state index in [0.29, 0.717) is 10.9 Å². The van der Waals surface area contributed by atoms with Crippen molar-refractivity contribution in [2.45, 2.75) is 25.4 Å². The number of hydrogen-bond acceptors (Lipinski definition) is 4. The van der Waals surface area contributed by atoms with E-state index in [-0.39, 0.29) is 17.4 Å². The molecule has 0 aromatic carbocycles. The lowest BCUT2D eigenvalue weighted by Gasteiger charge is -2.05. The van der Waals surface area contributed by atoms with Gasteiger partial charge in [0.1, 0.15) is 5.78 Å². The first-order chi connectivity index (χ1) is 7.06. The summed E-state index contributed by atoms with van der Waals surface area (Å²) in [5.74, 6) is 0.638. The fourth-order valence-corrected chi connectivity index (χ4v) is 1.91. The quantitative estimate of drug-likeness (QED) is 0.759. The number of aromatic amines is 1. The summed E-state index contributed by atoms with van der Waals surface area (Å²) in [6, 6.07) is 0. The van der Waals surface area contributed by atoms with Gasteiger partial charge in [-0.1, -0.05) is 25.6 Å². The number of ketones is 1. The summed E-state index contributed by atoms with van der Waals surface area (Å²) in [6.07, 6.45) is 0.846. The van der Waals surface area contributed by atoms with E-state index in [1.54, 1.807) is 7.05 Å². The molecular weight excluding hydrogens is 214 g/mol. The zero-order valence-electron chi connectivity index (χ0n) is 9.11. The minimum absolute atomic E-state index is 0.0773. The van der Waals surface area contributed by atoms with Gasteiger partial charge in [0.25, 0.3) is 0 Å². The maximum atomic E-state index is 11.5. The van der Waals surface area contributed by atoms with Crippen molar-refractivity contribution in [3.8, 4) is 0 Å². The van der Waals surface area contributed by atoms with Crippen LogP contribution in [0, 0.1) is 5.92 Å². The molecule has 1 aromatic heterocycles. The van der Waals surface area contributed by atoms with Gasteiger partial charge in [0, 0.05) is 13.0 Å². The van der Waals surface area contributed by atoms with E-state index in [0.717, 1.165) is 6.42 Å². The topological polar surface area (TPSA) is 67.8 Å². The molecule has 0 saturated heterocycles. The third-order valence-electron chi connectivity index (χ3n) is 2.34. The number of nitrogens with zero attached hydrogens (tertiary/aromatic N) is 2. The zero-order chi connectivity index (χ0) is 11.4. The Balaban J connectivity index is 2.54. The summed E-state index contributed by atoms with van der Waals surface area (Å²) in [5.41, 5.74) is -0.256. The van der Waals surface area contributed by atoms with Gasteiger partial charge in [-0.05, 0) is 6.42 Å². The molecule has 0 aliphatic heterocycles. The van der Waals surface area contributed by atoms with Crippen molar-refractivity contribution in [2.24, 2.45) is 13.0 Å². The number of H-pyrrole nitrogens is 1. The molecule has 1 rings (SSSR count). The van der Waals surface area contributed by atoms with Crippen LogP contribution in [0.25, 0.3) is 0 Å². The number of Topliss-reactive ketones (excluding diaryl/α,β-unsaturated/α-hetero) is 1. The minimum atomic E-state index is -0.256. The van der Waals surface area contributed by atoms with E-state index in [1.807, 2.05) is 13.8 Å². The number of aromatic nitrogens is 3. The molecule has 0 bridgehead atoms. The summed E-state index contributed by atoms with van der Waals surface area (Å²) in [5, 5.41) is 6.69. The summed E-state index contributed by atoms with van der Waals surface area (Å²) in [6.45, 7) is 3.89. The van der Waals surface area contributed by atoms with E-state index < -0.39 is 0 Å². The van der Waals surface area contributed by atoms with Crippen LogP contribution in [-0.4, -0.2) is 26.3 Å². The molecule has 15 heavy (non-hydrogen) atoms. The van der Waals surface area contributed by atoms with Crippen molar-refractivity contribution in [1.29, 1.82) is 0 Å². The normalized spacial score (nSPS) is 12.7. The number of thioether (sulfide) groups is 1. The van der Waals surface area contributed by atoms with Gasteiger partial charge in [-0.15, -0.1) is 5.10 Å². The predicted octanol–water partition coefficient (Wildman–Crippen LogP) is 0.816. The third kappa shape index (κ3) is 2.95. The van der Waals surface area contributed by atoms with Gasteiger partial charge in [-0.2, -0.15) is 0 Å². The second kappa shape index (κ2) is 5.16.